The van der Waals surface area contributed by atoms with Gasteiger partial charge in [0, 0.05) is 37.6 Å². The molecule has 0 heterocycles. The number of esters is 4. The van der Waals surface area contributed by atoms with Gasteiger partial charge in [-0.25, -0.2) is 0 Å². The van der Waals surface area contributed by atoms with Crippen LogP contribution in [0.25, 0.3) is 0 Å². The van der Waals surface area contributed by atoms with Crippen LogP contribution in [-0.4, -0.2) is 94.0 Å². The number of ether oxygens (including phenoxy) is 4. The highest BCUT2D eigenvalue weighted by Crippen LogP contribution is 2.64. The number of likely N-dealkylation sites (N-methyl/N-ethyl adjacent to an activating group) is 1. The van der Waals surface area contributed by atoms with Crippen molar-refractivity contribution in [1.82, 2.24) is 4.90 Å². The van der Waals surface area contributed by atoms with Crippen molar-refractivity contribution in [2.75, 3.05) is 46.9 Å². The molecule has 53 heavy (non-hydrogen) atoms. The van der Waals surface area contributed by atoms with E-state index in [1.54, 1.807) is 0 Å². The number of fused-ring (bicyclic) bond motifs is 1. The number of nitrogens with two attached hydrogens (primary N) is 3. The van der Waals surface area contributed by atoms with Crippen LogP contribution in [0, 0.1) is 40.4 Å². The first-order chi connectivity index (χ1) is 25.2. The van der Waals surface area contributed by atoms with Crippen molar-refractivity contribution in [2.24, 2.45) is 57.6 Å². The Morgan fingerprint density at radius 3 is 2.00 bits per heavy atom. The van der Waals surface area contributed by atoms with Crippen LogP contribution in [0.4, 0.5) is 0 Å². The van der Waals surface area contributed by atoms with E-state index in [1.165, 1.54) is 0 Å². The van der Waals surface area contributed by atoms with Crippen molar-refractivity contribution >= 4 is 23.9 Å². The lowest BCUT2D eigenvalue weighted by molar-refractivity contribution is -0.179. The zero-order valence-electron chi connectivity index (χ0n) is 33.9. The van der Waals surface area contributed by atoms with Gasteiger partial charge in [0.2, 0.25) is 0 Å². The Balaban J connectivity index is 1.85. The van der Waals surface area contributed by atoms with Crippen LogP contribution in [0.5, 0.6) is 0 Å². The molecule has 3 fully saturated rings. The summed E-state index contributed by atoms with van der Waals surface area (Å²) in [5.74, 6) is 0.481. The van der Waals surface area contributed by atoms with E-state index in [1.807, 2.05) is 25.9 Å². The third-order valence-electron chi connectivity index (χ3n) is 13.3. The van der Waals surface area contributed by atoms with Crippen LogP contribution >= 0.6 is 0 Å². The second-order valence-electron chi connectivity index (χ2n) is 17.2. The van der Waals surface area contributed by atoms with E-state index in [9.17, 15) is 19.2 Å². The summed E-state index contributed by atoms with van der Waals surface area (Å²) in [6.45, 7) is 11.3. The van der Waals surface area contributed by atoms with E-state index < -0.39 is 0 Å². The van der Waals surface area contributed by atoms with Gasteiger partial charge >= 0.3 is 23.9 Å². The van der Waals surface area contributed by atoms with Crippen molar-refractivity contribution in [2.45, 2.75) is 149 Å². The average molecular weight is 751 g/mol. The molecule has 6 N–H and O–H groups in total. The van der Waals surface area contributed by atoms with E-state index in [0.29, 0.717) is 102 Å². The van der Waals surface area contributed by atoms with Crippen molar-refractivity contribution in [3.05, 3.63) is 0 Å². The van der Waals surface area contributed by atoms with Gasteiger partial charge in [0.05, 0.1) is 6.10 Å². The molecule has 12 heteroatoms. The first-order valence-electron chi connectivity index (χ1n) is 20.7. The fraction of sp³-hybridized carbons (Fsp3) is 0.902. The molecular weight excluding hydrogens is 676 g/mol. The van der Waals surface area contributed by atoms with Gasteiger partial charge in [0.15, 0.2) is 0 Å². The number of carbonyl (C=O) groups excluding carboxylic acids is 4. The van der Waals surface area contributed by atoms with Gasteiger partial charge in [-0.1, -0.05) is 20.8 Å². The van der Waals surface area contributed by atoms with Crippen LogP contribution in [0.1, 0.15) is 130 Å². The number of carbonyl (C=O) groups is 4. The summed E-state index contributed by atoms with van der Waals surface area (Å²) in [7, 11) is 3.91. The van der Waals surface area contributed by atoms with E-state index in [0.717, 1.165) is 44.9 Å². The molecule has 0 aromatic carbocycles. The van der Waals surface area contributed by atoms with Gasteiger partial charge in [-0.05, 0) is 153 Å². The van der Waals surface area contributed by atoms with E-state index in [2.05, 4.69) is 20.8 Å². The SMILES string of the molecule is C[C@H](CCC(=O)OCCN(C)C)[C@H]1CCC2C[C@@H]([C@@]3(C)CC[C@@H](OC(=O)CCCN)CC3C[C@H](C)OC(=O)CCCN)C[C@H](OC(=O)CCCN)[C@@]21C. The Morgan fingerprint density at radius 2 is 1.38 bits per heavy atom. The minimum Gasteiger partial charge on any atom is -0.464 e. The maximum Gasteiger partial charge on any atom is 0.306 e. The minimum absolute atomic E-state index is 0.124. The molecule has 3 aliphatic rings. The van der Waals surface area contributed by atoms with Crippen molar-refractivity contribution in [3.63, 3.8) is 0 Å². The molecule has 306 valence electrons. The Hall–Kier alpha value is -2.28. The summed E-state index contributed by atoms with van der Waals surface area (Å²) in [6, 6.07) is 0. The van der Waals surface area contributed by atoms with Crippen LogP contribution in [0.2, 0.25) is 0 Å². The van der Waals surface area contributed by atoms with Crippen LogP contribution in [0.15, 0.2) is 0 Å². The van der Waals surface area contributed by atoms with Crippen LogP contribution in [-0.2, 0) is 38.1 Å². The fourth-order valence-electron chi connectivity index (χ4n) is 10.0. The maximum atomic E-state index is 13.4. The minimum atomic E-state index is -0.304. The molecule has 3 aliphatic carbocycles. The monoisotopic (exact) mass is 751 g/mol. The summed E-state index contributed by atoms with van der Waals surface area (Å²) in [5, 5.41) is 0. The number of hydrogen-bond donors (Lipinski definition) is 3. The quantitative estimate of drug-likeness (QED) is 0.0982. The van der Waals surface area contributed by atoms with Gasteiger partial charge in [-0.3, -0.25) is 19.2 Å². The average Bonchev–Trinajstić information content (AvgIpc) is 3.46. The topological polar surface area (TPSA) is 186 Å². The first-order valence-corrected chi connectivity index (χ1v) is 20.7. The van der Waals surface area contributed by atoms with Crippen molar-refractivity contribution < 1.29 is 38.1 Å². The molecule has 0 saturated heterocycles. The van der Waals surface area contributed by atoms with Gasteiger partial charge in [-0.15, -0.1) is 0 Å². The second kappa shape index (κ2) is 21.7. The van der Waals surface area contributed by atoms with Crippen molar-refractivity contribution in [3.8, 4) is 0 Å². The van der Waals surface area contributed by atoms with Crippen molar-refractivity contribution in [1.29, 1.82) is 0 Å². The van der Waals surface area contributed by atoms with Gasteiger partial charge < -0.3 is 41.0 Å². The predicted molar refractivity (Wildman–Crippen MR) is 205 cm³/mol. The lowest BCUT2D eigenvalue weighted by Crippen LogP contribution is -2.54. The zero-order valence-corrected chi connectivity index (χ0v) is 33.9. The smallest absolute Gasteiger partial charge is 0.306 e. The number of rotatable bonds is 22. The fourth-order valence-corrected chi connectivity index (χ4v) is 10.0. The maximum absolute atomic E-state index is 13.4. The lowest BCUT2D eigenvalue weighted by atomic mass is 9.50. The van der Waals surface area contributed by atoms with E-state index in [4.69, 9.17) is 36.1 Å². The molecule has 0 spiro atoms. The number of hydrogen-bond acceptors (Lipinski definition) is 12. The Bertz CT molecular complexity index is 1170. The molecule has 3 rings (SSSR count). The predicted octanol–water partition coefficient (Wildman–Crippen LogP) is 5.12. The first kappa shape index (κ1) is 45.1. The molecule has 0 aliphatic heterocycles. The Morgan fingerprint density at radius 1 is 0.755 bits per heavy atom. The Kier molecular flexibility index (Phi) is 18.5. The van der Waals surface area contributed by atoms with E-state index in [-0.39, 0.29) is 70.8 Å². The molecule has 12 nitrogen and oxygen atoms in total. The largest absolute Gasteiger partial charge is 0.464 e. The molecule has 0 bridgehead atoms. The molecule has 0 aromatic rings. The number of nitrogens with zero attached hydrogens (tertiary/aromatic N) is 1. The third-order valence-corrected chi connectivity index (χ3v) is 13.3. The zero-order chi connectivity index (χ0) is 39.2. The lowest BCUT2D eigenvalue weighted by Gasteiger charge is -2.57. The standard InChI is InChI=1S/C41H74N4O8/c1-28(13-16-36(46)50-23-22-45(5)6)34-15-14-30-25-32(27-35(41(30,34)4)53-39(49)12-9-21-44)40(3)18-17-33(52-38(48)11-8-20-43)26-31(40)24-29(2)51-37(47)10-7-19-42/h28-35H,7-27,42-44H2,1-6H3/t28-,29+,30?,31?,32-,33-,34-,35+,40+,41+/m1/s1. The van der Waals surface area contributed by atoms with Crippen LogP contribution < -0.4 is 17.2 Å². The molecule has 3 saturated carbocycles. The summed E-state index contributed by atoms with van der Waals surface area (Å²) in [4.78, 5) is 53.3. The normalized spacial score (nSPS) is 31.0. The van der Waals surface area contributed by atoms with Crippen LogP contribution in [0.3, 0.4) is 0 Å². The molecule has 0 radical (unpaired) electrons. The molecule has 10 atom stereocenters. The molecule has 0 aromatic heterocycles. The second-order valence-corrected chi connectivity index (χ2v) is 17.2. The highest BCUT2D eigenvalue weighted by molar-refractivity contribution is 5.70. The highest BCUT2D eigenvalue weighted by Gasteiger charge is 2.60. The summed E-state index contributed by atoms with van der Waals surface area (Å²) in [6.07, 6.45) is 9.79. The molecule has 2 unspecified atom stereocenters. The van der Waals surface area contributed by atoms with Gasteiger partial charge in [-0.2, -0.15) is 0 Å². The molecule has 0 amide bonds. The summed E-state index contributed by atoms with van der Waals surface area (Å²) in [5.41, 5.74) is 16.7. The Labute approximate surface area is 319 Å². The summed E-state index contributed by atoms with van der Waals surface area (Å²) < 4.78 is 23.9. The van der Waals surface area contributed by atoms with E-state index >= 15 is 0 Å². The highest BCUT2D eigenvalue weighted by atomic mass is 16.6. The van der Waals surface area contributed by atoms with Gasteiger partial charge in [0.25, 0.3) is 0 Å². The molecular formula is C41H74N4O8. The summed E-state index contributed by atoms with van der Waals surface area (Å²) >= 11 is 0. The third kappa shape index (κ3) is 12.9. The van der Waals surface area contributed by atoms with Gasteiger partial charge in [0.1, 0.15) is 18.8 Å².